The first-order valence-corrected chi connectivity index (χ1v) is 4.68. The van der Waals surface area contributed by atoms with Crippen LogP contribution in [0.2, 0.25) is 0 Å². The van der Waals surface area contributed by atoms with Crippen molar-refractivity contribution < 1.29 is 8.76 Å². The molecule has 68 valence electrons. The van der Waals surface area contributed by atoms with Crippen molar-refractivity contribution in [3.63, 3.8) is 0 Å². The largest absolute Gasteiger partial charge is 0.302 e. The minimum atomic E-state index is -1.98. The maximum absolute atomic E-state index is 10.7. The Bertz CT molecular complexity index is 480. The van der Waals surface area contributed by atoms with Crippen LogP contribution >= 0.6 is 0 Å². The molecule has 5 nitrogen and oxygen atoms in total. The van der Waals surface area contributed by atoms with E-state index in [9.17, 15) is 4.21 Å². The lowest BCUT2D eigenvalue weighted by Crippen LogP contribution is -1.93. The minimum absolute atomic E-state index is 0.292. The summed E-state index contributed by atoms with van der Waals surface area (Å²) in [4.78, 5) is 4.30. The molecule has 1 atom stereocenters. The van der Waals surface area contributed by atoms with Gasteiger partial charge in [0, 0.05) is 18.6 Å². The van der Waals surface area contributed by atoms with Gasteiger partial charge in [-0.1, -0.05) is 0 Å². The average Bonchev–Trinajstić information content (AvgIpc) is 2.47. The predicted molar refractivity (Wildman–Crippen MR) is 47.5 cm³/mol. The molecule has 2 aromatic heterocycles. The van der Waals surface area contributed by atoms with Crippen LogP contribution in [0.1, 0.15) is 0 Å². The molecule has 0 bridgehead atoms. The highest BCUT2D eigenvalue weighted by molar-refractivity contribution is 7.79. The SMILES string of the molecule is Cn1ncc2cc(S(=O)O)cnc21. The number of nitrogens with zero attached hydrogens (tertiary/aromatic N) is 3. The minimum Gasteiger partial charge on any atom is -0.302 e. The number of fused-ring (bicyclic) bond motifs is 1. The Hall–Kier alpha value is -1.27. The second kappa shape index (κ2) is 2.90. The van der Waals surface area contributed by atoms with Crippen LogP contribution < -0.4 is 0 Å². The molecule has 0 saturated carbocycles. The van der Waals surface area contributed by atoms with E-state index in [0.29, 0.717) is 10.5 Å². The molecular weight excluding hydrogens is 190 g/mol. The first kappa shape index (κ1) is 8.33. The molecule has 2 heterocycles. The zero-order chi connectivity index (χ0) is 9.42. The van der Waals surface area contributed by atoms with Crippen molar-refractivity contribution in [1.29, 1.82) is 0 Å². The van der Waals surface area contributed by atoms with Crippen LogP contribution in [0.15, 0.2) is 23.4 Å². The zero-order valence-electron chi connectivity index (χ0n) is 6.84. The quantitative estimate of drug-likeness (QED) is 0.678. The smallest absolute Gasteiger partial charge is 0.188 e. The van der Waals surface area contributed by atoms with Crippen molar-refractivity contribution in [2.75, 3.05) is 0 Å². The number of rotatable bonds is 1. The Morgan fingerprint density at radius 3 is 3.00 bits per heavy atom. The summed E-state index contributed by atoms with van der Waals surface area (Å²) in [6.07, 6.45) is 2.98. The molecule has 2 aromatic rings. The number of aromatic nitrogens is 3. The maximum atomic E-state index is 10.7. The van der Waals surface area contributed by atoms with Gasteiger partial charge in [-0.3, -0.25) is 4.68 Å². The predicted octanol–water partition coefficient (Wildman–Crippen LogP) is 0.549. The van der Waals surface area contributed by atoms with E-state index in [4.69, 9.17) is 4.55 Å². The molecule has 0 aliphatic rings. The van der Waals surface area contributed by atoms with Gasteiger partial charge in [-0.15, -0.1) is 0 Å². The fourth-order valence-electron chi connectivity index (χ4n) is 1.12. The molecule has 1 N–H and O–H groups in total. The Labute approximate surface area is 76.7 Å². The molecular formula is C7H7N3O2S. The molecule has 0 aromatic carbocycles. The van der Waals surface area contributed by atoms with Gasteiger partial charge in [-0.25, -0.2) is 9.19 Å². The van der Waals surface area contributed by atoms with Crippen LogP contribution in [-0.2, 0) is 18.1 Å². The first-order chi connectivity index (χ1) is 6.18. The van der Waals surface area contributed by atoms with Crippen molar-refractivity contribution in [3.05, 3.63) is 18.5 Å². The average molecular weight is 197 g/mol. The fourth-order valence-corrected chi connectivity index (χ4v) is 1.49. The van der Waals surface area contributed by atoms with Crippen molar-refractivity contribution in [2.45, 2.75) is 4.90 Å². The number of pyridine rings is 1. The van der Waals surface area contributed by atoms with E-state index in [1.54, 1.807) is 24.0 Å². The van der Waals surface area contributed by atoms with Gasteiger partial charge >= 0.3 is 0 Å². The van der Waals surface area contributed by atoms with E-state index in [1.165, 1.54) is 6.20 Å². The van der Waals surface area contributed by atoms with E-state index in [2.05, 4.69) is 10.1 Å². The normalized spacial score (nSPS) is 13.4. The molecule has 2 rings (SSSR count). The van der Waals surface area contributed by atoms with Gasteiger partial charge in [-0.05, 0) is 6.07 Å². The van der Waals surface area contributed by atoms with Gasteiger partial charge in [-0.2, -0.15) is 5.10 Å². The summed E-state index contributed by atoms with van der Waals surface area (Å²) in [5.74, 6) is 0. The van der Waals surface area contributed by atoms with Crippen LogP contribution in [0.25, 0.3) is 11.0 Å². The number of aryl methyl sites for hydroxylation is 1. The van der Waals surface area contributed by atoms with Crippen molar-refractivity contribution in [2.24, 2.45) is 7.05 Å². The molecule has 1 unspecified atom stereocenters. The monoisotopic (exact) mass is 197 g/mol. The van der Waals surface area contributed by atoms with Crippen LogP contribution in [0.4, 0.5) is 0 Å². The van der Waals surface area contributed by atoms with E-state index in [0.717, 1.165) is 5.39 Å². The van der Waals surface area contributed by atoms with Gasteiger partial charge in [0.15, 0.2) is 16.7 Å². The van der Waals surface area contributed by atoms with Crippen molar-refractivity contribution >= 4 is 22.1 Å². The van der Waals surface area contributed by atoms with Crippen LogP contribution in [0, 0.1) is 0 Å². The molecule has 0 aliphatic carbocycles. The van der Waals surface area contributed by atoms with Gasteiger partial charge in [0.25, 0.3) is 0 Å². The third kappa shape index (κ3) is 1.34. The summed E-state index contributed by atoms with van der Waals surface area (Å²) < 4.78 is 21.1. The highest BCUT2D eigenvalue weighted by Gasteiger charge is 2.05. The molecule has 0 fully saturated rings. The lowest BCUT2D eigenvalue weighted by Gasteiger charge is -1.95. The molecule has 0 saturated heterocycles. The Morgan fingerprint density at radius 1 is 1.54 bits per heavy atom. The molecule has 13 heavy (non-hydrogen) atoms. The molecule has 0 spiro atoms. The first-order valence-electron chi connectivity index (χ1n) is 3.57. The Balaban J connectivity index is 2.70. The van der Waals surface area contributed by atoms with Crippen molar-refractivity contribution in [1.82, 2.24) is 14.8 Å². The van der Waals surface area contributed by atoms with Crippen LogP contribution in [0.5, 0.6) is 0 Å². The molecule has 0 aliphatic heterocycles. The second-order valence-electron chi connectivity index (χ2n) is 2.60. The summed E-state index contributed by atoms with van der Waals surface area (Å²) in [6.45, 7) is 0. The van der Waals surface area contributed by atoms with E-state index >= 15 is 0 Å². The van der Waals surface area contributed by atoms with Gasteiger partial charge in [0.2, 0.25) is 0 Å². The zero-order valence-corrected chi connectivity index (χ0v) is 7.65. The van der Waals surface area contributed by atoms with Gasteiger partial charge in [0.1, 0.15) is 0 Å². The van der Waals surface area contributed by atoms with Crippen LogP contribution in [-0.4, -0.2) is 23.5 Å². The summed E-state index contributed by atoms with van der Waals surface area (Å²) in [5, 5.41) is 4.74. The third-order valence-electron chi connectivity index (χ3n) is 1.75. The van der Waals surface area contributed by atoms with E-state index < -0.39 is 11.1 Å². The van der Waals surface area contributed by atoms with E-state index in [-0.39, 0.29) is 0 Å². The lowest BCUT2D eigenvalue weighted by molar-refractivity contribution is 0.564. The Kier molecular flexibility index (Phi) is 1.86. The lowest BCUT2D eigenvalue weighted by atomic mass is 10.4. The van der Waals surface area contributed by atoms with Gasteiger partial charge in [0.05, 0.1) is 11.1 Å². The second-order valence-corrected chi connectivity index (χ2v) is 3.57. The highest BCUT2D eigenvalue weighted by atomic mass is 32.2. The fraction of sp³-hybridized carbons (Fsp3) is 0.143. The topological polar surface area (TPSA) is 68.0 Å². The number of hydrogen-bond acceptors (Lipinski definition) is 3. The van der Waals surface area contributed by atoms with Crippen LogP contribution in [0.3, 0.4) is 0 Å². The highest BCUT2D eigenvalue weighted by Crippen LogP contribution is 2.13. The Morgan fingerprint density at radius 2 is 2.31 bits per heavy atom. The molecule has 0 amide bonds. The van der Waals surface area contributed by atoms with Crippen molar-refractivity contribution in [3.8, 4) is 0 Å². The standard InChI is InChI=1S/C7H7N3O2S/c1-10-7-5(3-9-10)2-6(4-8-7)13(11)12/h2-4H,1H3,(H,11,12). The summed E-state index contributed by atoms with van der Waals surface area (Å²) in [7, 11) is 1.77. The molecule has 6 heteroatoms. The maximum Gasteiger partial charge on any atom is 0.188 e. The van der Waals surface area contributed by atoms with E-state index in [1.807, 2.05) is 0 Å². The molecule has 0 radical (unpaired) electrons. The van der Waals surface area contributed by atoms with Gasteiger partial charge < -0.3 is 4.55 Å². The number of hydrogen-bond donors (Lipinski definition) is 1. The summed E-state index contributed by atoms with van der Waals surface area (Å²) in [6, 6.07) is 1.60. The summed E-state index contributed by atoms with van der Waals surface area (Å²) >= 11 is -1.98. The third-order valence-corrected chi connectivity index (χ3v) is 2.37. The summed E-state index contributed by atoms with van der Waals surface area (Å²) in [5.41, 5.74) is 0.703.